The molecule has 70 valence electrons. The second-order valence-electron chi connectivity index (χ2n) is 2.13. The van der Waals surface area contributed by atoms with E-state index in [1.807, 2.05) is 24.5 Å². The van der Waals surface area contributed by atoms with Crippen molar-refractivity contribution >= 4 is 5.97 Å². The summed E-state index contributed by atoms with van der Waals surface area (Å²) in [4.78, 5) is 21.2. The maximum absolute atomic E-state index is 9.93. The van der Waals surface area contributed by atoms with Gasteiger partial charge >= 0.3 is 5.97 Å². The van der Waals surface area contributed by atoms with Gasteiger partial charge in [0.05, 0.1) is 0 Å². The Labute approximate surface area is 74.5 Å². The minimum atomic E-state index is -1.09. The van der Waals surface area contributed by atoms with Gasteiger partial charge in [-0.1, -0.05) is 0 Å². The summed E-state index contributed by atoms with van der Waals surface area (Å²) in [6, 6.07) is 3.89. The fraction of sp³-hybridized carbons (Fsp3) is 0.125. The molecule has 1 aliphatic heterocycles. The average Bonchev–Trinajstić information content (AvgIpc) is 2.82. The van der Waals surface area contributed by atoms with Crippen molar-refractivity contribution in [1.82, 2.24) is 4.98 Å². The number of carboxylic acids is 1. The molecule has 1 aromatic rings. The first kappa shape index (κ1) is 9.34. The monoisotopic (exact) mass is 183 g/mol. The highest BCUT2D eigenvalue weighted by Crippen LogP contribution is 2.04. The molecule has 2 N–H and O–H groups in total. The van der Waals surface area contributed by atoms with Crippen LogP contribution < -0.4 is 0 Å². The standard InChI is InChI=1S/C4H5N.C4H4O4/c1-2-4-5-3-1;5-4(6)3-1-2-7-8-3/h1-5H;1H,2H2,(H,5,6). The van der Waals surface area contributed by atoms with Gasteiger partial charge in [-0.05, 0) is 18.2 Å². The van der Waals surface area contributed by atoms with E-state index in [0.717, 1.165) is 0 Å². The fourth-order valence-electron chi connectivity index (χ4n) is 0.642. The van der Waals surface area contributed by atoms with E-state index < -0.39 is 5.97 Å². The van der Waals surface area contributed by atoms with E-state index in [0.29, 0.717) is 0 Å². The number of nitrogens with one attached hydrogen (secondary N) is 1. The summed E-state index contributed by atoms with van der Waals surface area (Å²) in [6.45, 7) is 0.224. The molecule has 0 fully saturated rings. The van der Waals surface area contributed by atoms with Crippen LogP contribution in [0.2, 0.25) is 0 Å². The molecule has 1 aromatic heterocycles. The molecule has 1 aliphatic rings. The minimum absolute atomic E-state index is 0.134. The number of hydrogen-bond acceptors (Lipinski definition) is 3. The van der Waals surface area contributed by atoms with Crippen molar-refractivity contribution in [1.29, 1.82) is 0 Å². The summed E-state index contributed by atoms with van der Waals surface area (Å²) in [5.74, 6) is -1.23. The van der Waals surface area contributed by atoms with Gasteiger partial charge in [0.1, 0.15) is 6.61 Å². The van der Waals surface area contributed by atoms with Gasteiger partial charge in [0.25, 0.3) is 0 Å². The molecule has 5 heteroatoms. The first-order valence-corrected chi connectivity index (χ1v) is 3.61. The van der Waals surface area contributed by atoms with E-state index >= 15 is 0 Å². The lowest BCUT2D eigenvalue weighted by molar-refractivity contribution is -0.236. The Morgan fingerprint density at radius 2 is 2.15 bits per heavy atom. The zero-order chi connectivity index (χ0) is 9.52. The average molecular weight is 183 g/mol. The summed E-state index contributed by atoms with van der Waals surface area (Å²) >= 11 is 0. The maximum Gasteiger partial charge on any atom is 0.375 e. The SMILES string of the molecule is O=C(O)C1=CCOO1.c1cc[nH]c1. The lowest BCUT2D eigenvalue weighted by Crippen LogP contribution is -1.98. The van der Waals surface area contributed by atoms with Crippen LogP contribution in [-0.4, -0.2) is 22.7 Å². The Hall–Kier alpha value is -1.75. The summed E-state index contributed by atoms with van der Waals surface area (Å²) in [6.07, 6.45) is 5.10. The first-order valence-electron chi connectivity index (χ1n) is 3.61. The Kier molecular flexibility index (Phi) is 3.59. The van der Waals surface area contributed by atoms with Crippen LogP contribution in [0.3, 0.4) is 0 Å². The summed E-state index contributed by atoms with van der Waals surface area (Å²) in [5.41, 5.74) is 0. The molecule has 0 aromatic carbocycles. The molecule has 0 saturated carbocycles. The maximum atomic E-state index is 9.93. The third-order valence-electron chi connectivity index (χ3n) is 1.19. The van der Waals surface area contributed by atoms with E-state index in [1.165, 1.54) is 6.08 Å². The number of H-pyrrole nitrogens is 1. The third kappa shape index (κ3) is 3.44. The zero-order valence-electron chi connectivity index (χ0n) is 6.77. The van der Waals surface area contributed by atoms with Gasteiger partial charge in [0.2, 0.25) is 5.76 Å². The predicted octanol–water partition coefficient (Wildman–Crippen LogP) is 0.931. The molecule has 0 saturated heterocycles. The van der Waals surface area contributed by atoms with Gasteiger partial charge in [-0.3, -0.25) is 0 Å². The summed E-state index contributed by atoms with van der Waals surface area (Å²) < 4.78 is 0. The Morgan fingerprint density at radius 3 is 2.38 bits per heavy atom. The van der Waals surface area contributed by atoms with E-state index in [1.54, 1.807) is 0 Å². The minimum Gasteiger partial charge on any atom is -0.475 e. The highest BCUT2D eigenvalue weighted by molar-refractivity contribution is 5.84. The molecule has 0 unspecified atom stereocenters. The zero-order valence-corrected chi connectivity index (χ0v) is 6.77. The van der Waals surface area contributed by atoms with Crippen LogP contribution in [0.15, 0.2) is 36.4 Å². The van der Waals surface area contributed by atoms with Crippen molar-refractivity contribution in [3.05, 3.63) is 36.4 Å². The molecule has 13 heavy (non-hydrogen) atoms. The summed E-state index contributed by atoms with van der Waals surface area (Å²) in [7, 11) is 0. The quantitative estimate of drug-likeness (QED) is 0.635. The van der Waals surface area contributed by atoms with E-state index in [-0.39, 0.29) is 12.4 Å². The molecule has 0 radical (unpaired) electrons. The number of carbonyl (C=O) groups is 1. The van der Waals surface area contributed by atoms with Crippen molar-refractivity contribution in [2.24, 2.45) is 0 Å². The van der Waals surface area contributed by atoms with Crippen LogP contribution in [0.5, 0.6) is 0 Å². The van der Waals surface area contributed by atoms with Gasteiger partial charge in [0, 0.05) is 12.4 Å². The van der Waals surface area contributed by atoms with Crippen LogP contribution in [0, 0.1) is 0 Å². The highest BCUT2D eigenvalue weighted by atomic mass is 17.2. The van der Waals surface area contributed by atoms with Crippen LogP contribution in [0.1, 0.15) is 0 Å². The smallest absolute Gasteiger partial charge is 0.375 e. The third-order valence-corrected chi connectivity index (χ3v) is 1.19. The van der Waals surface area contributed by atoms with Gasteiger partial charge < -0.3 is 15.0 Å². The molecule has 2 heterocycles. The Bertz CT molecular complexity index is 261. The Balaban J connectivity index is 0.000000145. The molecule has 0 aliphatic carbocycles. The van der Waals surface area contributed by atoms with Crippen LogP contribution >= 0.6 is 0 Å². The van der Waals surface area contributed by atoms with Crippen LogP contribution in [0.25, 0.3) is 0 Å². The molecule has 0 amide bonds. The molecule has 0 spiro atoms. The van der Waals surface area contributed by atoms with Crippen molar-refractivity contribution in [3.63, 3.8) is 0 Å². The van der Waals surface area contributed by atoms with Crippen LogP contribution in [-0.2, 0) is 14.6 Å². The number of aromatic amines is 1. The van der Waals surface area contributed by atoms with Gasteiger partial charge in [-0.2, -0.15) is 4.89 Å². The number of carboxylic acid groups (broad SMARTS) is 1. The summed E-state index contributed by atoms with van der Waals surface area (Å²) in [5, 5.41) is 8.14. The van der Waals surface area contributed by atoms with Gasteiger partial charge in [0.15, 0.2) is 0 Å². The van der Waals surface area contributed by atoms with Crippen molar-refractivity contribution in [2.75, 3.05) is 6.61 Å². The number of aromatic nitrogens is 1. The van der Waals surface area contributed by atoms with Gasteiger partial charge in [-0.25, -0.2) is 4.79 Å². The molecule has 0 atom stereocenters. The molecule has 5 nitrogen and oxygen atoms in total. The molecule has 2 rings (SSSR count). The second kappa shape index (κ2) is 5.00. The van der Waals surface area contributed by atoms with Crippen molar-refractivity contribution in [2.45, 2.75) is 0 Å². The first-order chi connectivity index (χ1) is 6.30. The van der Waals surface area contributed by atoms with E-state index in [9.17, 15) is 4.79 Å². The molecular weight excluding hydrogens is 174 g/mol. The molecular formula is C8H9NO4. The van der Waals surface area contributed by atoms with Crippen molar-refractivity contribution < 1.29 is 19.7 Å². The lowest BCUT2D eigenvalue weighted by atomic mass is 10.5. The number of aliphatic carboxylic acids is 1. The lowest BCUT2D eigenvalue weighted by Gasteiger charge is -1.90. The fourth-order valence-corrected chi connectivity index (χ4v) is 0.642. The number of hydrogen-bond donors (Lipinski definition) is 2. The molecule has 0 bridgehead atoms. The second-order valence-corrected chi connectivity index (χ2v) is 2.13. The topological polar surface area (TPSA) is 71.6 Å². The van der Waals surface area contributed by atoms with Crippen molar-refractivity contribution in [3.8, 4) is 0 Å². The number of rotatable bonds is 1. The Morgan fingerprint density at radius 1 is 1.46 bits per heavy atom. The normalized spacial score (nSPS) is 13.7. The van der Waals surface area contributed by atoms with E-state index in [4.69, 9.17) is 5.11 Å². The largest absolute Gasteiger partial charge is 0.475 e. The predicted molar refractivity (Wildman–Crippen MR) is 43.5 cm³/mol. The van der Waals surface area contributed by atoms with Gasteiger partial charge in [-0.15, -0.1) is 0 Å². The highest BCUT2D eigenvalue weighted by Gasteiger charge is 2.13. The van der Waals surface area contributed by atoms with Crippen LogP contribution in [0.4, 0.5) is 0 Å². The van der Waals surface area contributed by atoms with E-state index in [2.05, 4.69) is 14.8 Å².